The fraction of sp³-hybridized carbons (Fsp3) is 0.150. The lowest BCUT2D eigenvalue weighted by Crippen LogP contribution is -2.22. The second-order valence-corrected chi connectivity index (χ2v) is 6.16. The highest BCUT2D eigenvalue weighted by molar-refractivity contribution is 6.01. The zero-order valence-electron chi connectivity index (χ0n) is 16.0. The van der Waals surface area contributed by atoms with Crippen LogP contribution in [0.5, 0.6) is 0 Å². The van der Waals surface area contributed by atoms with E-state index in [-0.39, 0.29) is 5.95 Å². The van der Waals surface area contributed by atoms with E-state index in [1.807, 2.05) is 49.3 Å². The van der Waals surface area contributed by atoms with E-state index < -0.39 is 6.03 Å². The van der Waals surface area contributed by atoms with Crippen molar-refractivity contribution >= 4 is 29.4 Å². The minimum Gasteiger partial charge on any atom is -0.377 e. The Morgan fingerprint density at radius 3 is 2.57 bits per heavy atom. The number of amides is 2. The average Bonchev–Trinajstić information content (AvgIpc) is 2.67. The molecule has 0 unspecified atom stereocenters. The lowest BCUT2D eigenvalue weighted by molar-refractivity contribution is 0.262. The Labute approximate surface area is 163 Å². The molecule has 0 spiro atoms. The highest BCUT2D eigenvalue weighted by Crippen LogP contribution is 2.27. The average molecular weight is 375 g/mol. The first-order valence-electron chi connectivity index (χ1n) is 8.63. The predicted octanol–water partition coefficient (Wildman–Crippen LogP) is 3.60. The number of pyridine rings is 1. The third kappa shape index (κ3) is 4.29. The summed E-state index contributed by atoms with van der Waals surface area (Å²) in [5.41, 5.74) is 3.00. The number of rotatable bonds is 5. The molecule has 142 valence electrons. The van der Waals surface area contributed by atoms with Gasteiger partial charge in [0.05, 0.1) is 5.69 Å². The Morgan fingerprint density at radius 1 is 1.07 bits per heavy atom. The van der Waals surface area contributed by atoms with Crippen LogP contribution in [0.4, 0.5) is 22.1 Å². The summed E-state index contributed by atoms with van der Waals surface area (Å²) in [6.07, 6.45) is 3.36. The van der Waals surface area contributed by atoms with Crippen LogP contribution >= 0.6 is 0 Å². The largest absolute Gasteiger partial charge is 0.377 e. The number of nitrogens with one attached hydrogen (secondary N) is 2. The number of nitrogens with zero attached hydrogens (tertiary/aromatic N) is 5. The molecule has 0 atom stereocenters. The van der Waals surface area contributed by atoms with Gasteiger partial charge in [-0.2, -0.15) is 9.97 Å². The zero-order valence-corrected chi connectivity index (χ0v) is 16.0. The van der Waals surface area contributed by atoms with Crippen molar-refractivity contribution in [3.05, 3.63) is 60.6 Å². The van der Waals surface area contributed by atoms with Crippen molar-refractivity contribution in [1.29, 1.82) is 0 Å². The van der Waals surface area contributed by atoms with Crippen LogP contribution in [0, 0.1) is 6.92 Å². The molecule has 8 heteroatoms. The molecule has 0 aliphatic carbocycles. The van der Waals surface area contributed by atoms with Gasteiger partial charge in [-0.15, -0.1) is 0 Å². The summed E-state index contributed by atoms with van der Waals surface area (Å²) in [5.74, 6) is 1.02. The van der Waals surface area contributed by atoms with E-state index in [9.17, 15) is 4.79 Å². The molecule has 0 aliphatic rings. The van der Waals surface area contributed by atoms with Crippen LogP contribution in [0.25, 0.3) is 17.6 Å². The number of carbonyl (C=O) groups is 1. The molecule has 1 aromatic carbocycles. The molecule has 0 saturated carbocycles. The number of aromatic nitrogens is 4. The smallest absolute Gasteiger partial charge is 0.326 e. The molecular formula is C20H21N7O. The Balaban J connectivity index is 1.82. The van der Waals surface area contributed by atoms with Gasteiger partial charge < -0.3 is 10.2 Å². The Morgan fingerprint density at radius 2 is 1.89 bits per heavy atom. The Kier molecular flexibility index (Phi) is 5.59. The Bertz CT molecular complexity index is 1000. The summed E-state index contributed by atoms with van der Waals surface area (Å²) in [6.45, 7) is 5.57. The first-order valence-corrected chi connectivity index (χ1v) is 8.63. The van der Waals surface area contributed by atoms with E-state index in [2.05, 4.69) is 37.1 Å². The molecule has 28 heavy (non-hydrogen) atoms. The number of hydrogen-bond acceptors (Lipinski definition) is 6. The molecule has 0 bridgehead atoms. The molecule has 0 aliphatic heterocycles. The summed E-state index contributed by atoms with van der Waals surface area (Å²) in [6, 6.07) is 10.6. The highest BCUT2D eigenvalue weighted by atomic mass is 16.2. The van der Waals surface area contributed by atoms with Crippen molar-refractivity contribution in [2.45, 2.75) is 6.92 Å². The lowest BCUT2D eigenvalue weighted by atomic mass is 10.1. The number of benzene rings is 1. The number of hydrogen-bond donors (Lipinski definition) is 2. The molecule has 0 fully saturated rings. The molecule has 2 amide bonds. The number of aryl methyl sites for hydroxylation is 1. The van der Waals surface area contributed by atoms with Crippen LogP contribution < -0.4 is 15.5 Å². The van der Waals surface area contributed by atoms with Crippen LogP contribution in [-0.4, -0.2) is 40.1 Å². The number of urea groups is 1. The highest BCUT2D eigenvalue weighted by Gasteiger charge is 2.13. The van der Waals surface area contributed by atoms with Crippen LogP contribution in [0.2, 0.25) is 0 Å². The van der Waals surface area contributed by atoms with Gasteiger partial charge in [0.25, 0.3) is 0 Å². The van der Waals surface area contributed by atoms with Gasteiger partial charge in [-0.25, -0.2) is 9.78 Å². The molecule has 3 rings (SSSR count). The maximum atomic E-state index is 12.5. The normalized spacial score (nSPS) is 10.2. The van der Waals surface area contributed by atoms with E-state index >= 15 is 0 Å². The van der Waals surface area contributed by atoms with Crippen molar-refractivity contribution in [1.82, 2.24) is 19.9 Å². The standard InChI is InChI=1S/C20H21N7O/c1-5-14-15(10-8-11-17(14)27(3)4)24-20(28)26-19-23-13(2)22-18(25-19)16-9-6-7-12-21-16/h5-12H,1H2,2-4H3,(H2,22,23,24,25,26,28). The van der Waals surface area contributed by atoms with Gasteiger partial charge in [0, 0.05) is 31.5 Å². The minimum atomic E-state index is -0.462. The molecule has 0 radical (unpaired) electrons. The van der Waals surface area contributed by atoms with Crippen LogP contribution in [0.15, 0.2) is 49.2 Å². The quantitative estimate of drug-likeness (QED) is 0.707. The first kappa shape index (κ1) is 19.0. The van der Waals surface area contributed by atoms with Gasteiger partial charge in [-0.05, 0) is 31.2 Å². The molecule has 0 saturated heterocycles. The SMILES string of the molecule is C=Cc1c(NC(=O)Nc2nc(C)nc(-c3ccccn3)n2)cccc1N(C)C. The van der Waals surface area contributed by atoms with Gasteiger partial charge in [0.15, 0.2) is 5.82 Å². The van der Waals surface area contributed by atoms with Crippen LogP contribution in [0.3, 0.4) is 0 Å². The number of carbonyl (C=O) groups excluding carboxylic acids is 1. The van der Waals surface area contributed by atoms with Crippen LogP contribution in [-0.2, 0) is 0 Å². The first-order chi connectivity index (χ1) is 13.5. The van der Waals surface area contributed by atoms with Crippen molar-refractivity contribution in [3.63, 3.8) is 0 Å². The van der Waals surface area contributed by atoms with Crippen molar-refractivity contribution in [2.24, 2.45) is 0 Å². The van der Waals surface area contributed by atoms with Gasteiger partial charge >= 0.3 is 6.03 Å². The van der Waals surface area contributed by atoms with Crippen molar-refractivity contribution in [3.8, 4) is 11.5 Å². The predicted molar refractivity (Wildman–Crippen MR) is 111 cm³/mol. The van der Waals surface area contributed by atoms with Crippen molar-refractivity contribution < 1.29 is 4.79 Å². The molecule has 8 nitrogen and oxygen atoms in total. The third-order valence-corrected chi connectivity index (χ3v) is 3.88. The lowest BCUT2D eigenvalue weighted by Gasteiger charge is -2.18. The molecule has 2 aromatic heterocycles. The van der Waals surface area contributed by atoms with Crippen LogP contribution in [0.1, 0.15) is 11.4 Å². The molecular weight excluding hydrogens is 354 g/mol. The summed E-state index contributed by atoms with van der Waals surface area (Å²) in [7, 11) is 3.86. The fourth-order valence-electron chi connectivity index (χ4n) is 2.67. The molecule has 3 aromatic rings. The van der Waals surface area contributed by atoms with E-state index in [0.29, 0.717) is 23.0 Å². The second kappa shape index (κ2) is 8.26. The second-order valence-electron chi connectivity index (χ2n) is 6.16. The summed E-state index contributed by atoms with van der Waals surface area (Å²) < 4.78 is 0. The molecule has 2 N–H and O–H groups in total. The number of anilines is 3. The van der Waals surface area contributed by atoms with E-state index in [1.54, 1.807) is 25.3 Å². The summed E-state index contributed by atoms with van der Waals surface area (Å²) in [4.78, 5) is 31.4. The molecule has 2 heterocycles. The van der Waals surface area contributed by atoms with E-state index in [0.717, 1.165) is 11.3 Å². The Hall–Kier alpha value is -3.81. The maximum Gasteiger partial charge on any atom is 0.326 e. The van der Waals surface area contributed by atoms with Gasteiger partial charge in [-0.3, -0.25) is 10.3 Å². The van der Waals surface area contributed by atoms with Gasteiger partial charge in [-0.1, -0.05) is 24.8 Å². The van der Waals surface area contributed by atoms with E-state index in [1.165, 1.54) is 0 Å². The van der Waals surface area contributed by atoms with Gasteiger partial charge in [0.2, 0.25) is 5.95 Å². The topological polar surface area (TPSA) is 95.9 Å². The monoisotopic (exact) mass is 375 g/mol. The summed E-state index contributed by atoms with van der Waals surface area (Å²) in [5, 5.41) is 5.47. The summed E-state index contributed by atoms with van der Waals surface area (Å²) >= 11 is 0. The zero-order chi connectivity index (χ0) is 20.1. The third-order valence-electron chi connectivity index (χ3n) is 3.88. The van der Waals surface area contributed by atoms with E-state index in [4.69, 9.17) is 0 Å². The fourth-order valence-corrected chi connectivity index (χ4v) is 2.67. The van der Waals surface area contributed by atoms with Gasteiger partial charge in [0.1, 0.15) is 11.5 Å². The maximum absolute atomic E-state index is 12.5. The minimum absolute atomic E-state index is 0.148. The van der Waals surface area contributed by atoms with Crippen molar-refractivity contribution in [2.75, 3.05) is 29.6 Å².